The van der Waals surface area contributed by atoms with Gasteiger partial charge in [-0.1, -0.05) is 17.3 Å². The van der Waals surface area contributed by atoms with Crippen molar-refractivity contribution in [2.45, 2.75) is 31.8 Å². The van der Waals surface area contributed by atoms with Gasteiger partial charge in [-0.15, -0.1) is 0 Å². The van der Waals surface area contributed by atoms with Crippen molar-refractivity contribution in [2.24, 2.45) is 11.1 Å². The summed E-state index contributed by atoms with van der Waals surface area (Å²) in [7, 11) is 0. The van der Waals surface area contributed by atoms with E-state index in [0.29, 0.717) is 43.6 Å². The second-order valence-electron chi connectivity index (χ2n) is 7.72. The van der Waals surface area contributed by atoms with Gasteiger partial charge in [-0.3, -0.25) is 14.6 Å². The van der Waals surface area contributed by atoms with Crippen molar-refractivity contribution in [1.29, 1.82) is 0 Å². The van der Waals surface area contributed by atoms with E-state index in [9.17, 15) is 14.0 Å². The van der Waals surface area contributed by atoms with Crippen LogP contribution in [0.3, 0.4) is 0 Å². The van der Waals surface area contributed by atoms with E-state index in [1.807, 2.05) is 0 Å². The molecule has 2 aliphatic heterocycles. The molecule has 4 rings (SSSR count). The molecule has 1 unspecified atom stereocenters. The maximum atomic E-state index is 13.1. The summed E-state index contributed by atoms with van der Waals surface area (Å²) < 4.78 is 13.1. The molecular formula is C22H22FN3O3. The Kier molecular flexibility index (Phi) is 5.13. The quantitative estimate of drug-likeness (QED) is 0.745. The van der Waals surface area contributed by atoms with Gasteiger partial charge in [-0.2, -0.15) is 0 Å². The normalized spacial score (nSPS) is 22.1. The first-order chi connectivity index (χ1) is 14.0. The standard InChI is InChI=1S/C22H22FN3O3/c1-22(13-19(25-29-22)15-4-6-18(23)7-5-15)21(28)26-11-8-16(9-12-26)20(27)17-3-2-10-24-14-17/h2-7,10,14,16H,8-9,11-13H2,1H3. The van der Waals surface area contributed by atoms with Crippen molar-refractivity contribution in [3.63, 3.8) is 0 Å². The molecule has 0 bridgehead atoms. The molecule has 1 aromatic carbocycles. The predicted molar refractivity (Wildman–Crippen MR) is 105 cm³/mol. The van der Waals surface area contributed by atoms with Crippen LogP contribution in [0.2, 0.25) is 0 Å². The molecule has 2 aliphatic rings. The molecule has 1 saturated heterocycles. The molecule has 29 heavy (non-hydrogen) atoms. The van der Waals surface area contributed by atoms with Crippen LogP contribution < -0.4 is 0 Å². The average Bonchev–Trinajstić information content (AvgIpc) is 3.17. The zero-order chi connectivity index (χ0) is 20.4. The van der Waals surface area contributed by atoms with Gasteiger partial charge in [0.1, 0.15) is 5.82 Å². The number of ketones is 1. The number of hydrogen-bond acceptors (Lipinski definition) is 5. The number of oxime groups is 1. The minimum absolute atomic E-state index is 0.0791. The van der Waals surface area contributed by atoms with Crippen LogP contribution in [0.5, 0.6) is 0 Å². The molecule has 0 saturated carbocycles. The lowest BCUT2D eigenvalue weighted by molar-refractivity contribution is -0.154. The third-order valence-corrected chi connectivity index (χ3v) is 5.59. The number of rotatable bonds is 4. The molecule has 1 aromatic heterocycles. The molecule has 1 atom stereocenters. The summed E-state index contributed by atoms with van der Waals surface area (Å²) in [5, 5.41) is 4.07. The monoisotopic (exact) mass is 395 g/mol. The molecule has 1 fully saturated rings. The van der Waals surface area contributed by atoms with Crippen LogP contribution in [-0.2, 0) is 9.63 Å². The molecule has 0 aliphatic carbocycles. The van der Waals surface area contributed by atoms with Crippen molar-refractivity contribution in [3.8, 4) is 0 Å². The number of carbonyl (C=O) groups is 2. The van der Waals surface area contributed by atoms with Crippen LogP contribution in [0.1, 0.15) is 42.1 Å². The Balaban J connectivity index is 1.36. The van der Waals surface area contributed by atoms with Gasteiger partial charge < -0.3 is 9.74 Å². The first kappa shape index (κ1) is 19.2. The van der Waals surface area contributed by atoms with E-state index in [1.54, 1.807) is 48.5 Å². The Morgan fingerprint density at radius 2 is 1.90 bits per heavy atom. The Bertz CT molecular complexity index is 938. The van der Waals surface area contributed by atoms with E-state index >= 15 is 0 Å². The van der Waals surface area contributed by atoms with Gasteiger partial charge in [0, 0.05) is 43.4 Å². The highest BCUT2D eigenvalue weighted by molar-refractivity contribution is 6.05. The SMILES string of the molecule is CC1(C(=O)N2CCC(C(=O)c3cccnc3)CC2)CC(c2ccc(F)cc2)=NO1. The van der Waals surface area contributed by atoms with Gasteiger partial charge in [0.25, 0.3) is 5.91 Å². The van der Waals surface area contributed by atoms with Crippen LogP contribution in [0.4, 0.5) is 4.39 Å². The molecule has 0 spiro atoms. The van der Waals surface area contributed by atoms with E-state index in [2.05, 4.69) is 10.1 Å². The first-order valence-electron chi connectivity index (χ1n) is 9.71. The van der Waals surface area contributed by atoms with Crippen LogP contribution in [-0.4, -0.2) is 46.0 Å². The lowest BCUT2D eigenvalue weighted by Gasteiger charge is -2.35. The Hall–Kier alpha value is -3.09. The summed E-state index contributed by atoms with van der Waals surface area (Å²) in [5.41, 5.74) is 0.899. The molecule has 0 radical (unpaired) electrons. The number of benzene rings is 1. The minimum atomic E-state index is -1.08. The number of halogens is 1. The number of likely N-dealkylation sites (tertiary alicyclic amines) is 1. The second kappa shape index (κ2) is 7.73. The fourth-order valence-electron chi connectivity index (χ4n) is 3.88. The molecule has 1 amide bonds. The van der Waals surface area contributed by atoms with Gasteiger partial charge in [0.2, 0.25) is 5.60 Å². The molecular weight excluding hydrogens is 373 g/mol. The van der Waals surface area contributed by atoms with Gasteiger partial charge in [-0.05, 0) is 49.6 Å². The molecule has 7 heteroatoms. The Morgan fingerprint density at radius 1 is 1.17 bits per heavy atom. The number of Topliss-reactive ketones (excluding diaryl/α,β-unsaturated/α-hetero) is 1. The van der Waals surface area contributed by atoms with Gasteiger partial charge in [-0.25, -0.2) is 4.39 Å². The molecule has 0 N–H and O–H groups in total. The predicted octanol–water partition coefficient (Wildman–Crippen LogP) is 3.23. The number of nitrogens with zero attached hydrogens (tertiary/aromatic N) is 3. The van der Waals surface area contributed by atoms with Crippen LogP contribution in [0.25, 0.3) is 0 Å². The second-order valence-corrected chi connectivity index (χ2v) is 7.72. The fraction of sp³-hybridized carbons (Fsp3) is 0.364. The Labute approximate surface area is 168 Å². The van der Waals surface area contributed by atoms with Crippen LogP contribution in [0.15, 0.2) is 53.9 Å². The van der Waals surface area contributed by atoms with Gasteiger partial charge in [0.15, 0.2) is 5.78 Å². The summed E-state index contributed by atoms with van der Waals surface area (Å²) in [6.45, 7) is 2.73. The lowest BCUT2D eigenvalue weighted by atomic mass is 9.88. The zero-order valence-corrected chi connectivity index (χ0v) is 16.2. The van der Waals surface area contributed by atoms with Crippen molar-refractivity contribution in [1.82, 2.24) is 9.88 Å². The number of amides is 1. The zero-order valence-electron chi connectivity index (χ0n) is 16.2. The number of piperidine rings is 1. The molecule has 2 aromatic rings. The highest BCUT2D eigenvalue weighted by Gasteiger charge is 2.45. The van der Waals surface area contributed by atoms with Crippen LogP contribution >= 0.6 is 0 Å². The van der Waals surface area contributed by atoms with E-state index in [4.69, 9.17) is 4.84 Å². The van der Waals surface area contributed by atoms with Crippen molar-refractivity contribution in [3.05, 3.63) is 65.7 Å². The summed E-state index contributed by atoms with van der Waals surface area (Å²) >= 11 is 0. The topological polar surface area (TPSA) is 71.9 Å². The molecule has 6 nitrogen and oxygen atoms in total. The average molecular weight is 395 g/mol. The van der Waals surface area contributed by atoms with E-state index in [-0.39, 0.29) is 23.4 Å². The third kappa shape index (κ3) is 3.90. The largest absolute Gasteiger partial charge is 0.379 e. The third-order valence-electron chi connectivity index (χ3n) is 5.59. The number of hydrogen-bond donors (Lipinski definition) is 0. The maximum absolute atomic E-state index is 13.1. The highest BCUT2D eigenvalue weighted by atomic mass is 19.1. The fourth-order valence-corrected chi connectivity index (χ4v) is 3.88. The highest BCUT2D eigenvalue weighted by Crippen LogP contribution is 2.31. The van der Waals surface area contributed by atoms with Crippen molar-refractivity contribution < 1.29 is 18.8 Å². The Morgan fingerprint density at radius 3 is 2.55 bits per heavy atom. The maximum Gasteiger partial charge on any atom is 0.269 e. The van der Waals surface area contributed by atoms with Crippen LogP contribution in [0, 0.1) is 11.7 Å². The smallest absolute Gasteiger partial charge is 0.269 e. The van der Waals surface area contributed by atoms with Crippen molar-refractivity contribution in [2.75, 3.05) is 13.1 Å². The lowest BCUT2D eigenvalue weighted by Crippen LogP contribution is -2.50. The van der Waals surface area contributed by atoms with E-state index < -0.39 is 5.60 Å². The summed E-state index contributed by atoms with van der Waals surface area (Å²) in [5.74, 6) is -0.483. The summed E-state index contributed by atoms with van der Waals surface area (Å²) in [6, 6.07) is 9.50. The van der Waals surface area contributed by atoms with Gasteiger partial charge >= 0.3 is 0 Å². The van der Waals surface area contributed by atoms with E-state index in [1.165, 1.54) is 12.1 Å². The van der Waals surface area contributed by atoms with Gasteiger partial charge in [0.05, 0.1) is 5.71 Å². The summed E-state index contributed by atoms with van der Waals surface area (Å²) in [6.07, 6.45) is 4.78. The number of pyridine rings is 1. The number of aromatic nitrogens is 1. The van der Waals surface area contributed by atoms with E-state index in [0.717, 1.165) is 5.56 Å². The minimum Gasteiger partial charge on any atom is -0.379 e. The molecule has 150 valence electrons. The summed E-state index contributed by atoms with van der Waals surface area (Å²) in [4.78, 5) is 37.0. The molecule has 3 heterocycles. The number of carbonyl (C=O) groups excluding carboxylic acids is 2. The first-order valence-corrected chi connectivity index (χ1v) is 9.71. The van der Waals surface area contributed by atoms with Crippen molar-refractivity contribution >= 4 is 17.4 Å².